The predicted octanol–water partition coefficient (Wildman–Crippen LogP) is 1.89. The predicted molar refractivity (Wildman–Crippen MR) is 78.8 cm³/mol. The van der Waals surface area contributed by atoms with Crippen LogP contribution in [-0.2, 0) is 11.8 Å². The van der Waals surface area contributed by atoms with E-state index in [1.54, 1.807) is 16.9 Å². The van der Waals surface area contributed by atoms with Gasteiger partial charge in [0.25, 0.3) is 5.91 Å². The number of likely N-dealkylation sites (tertiary alicyclic amines) is 1. The van der Waals surface area contributed by atoms with Crippen molar-refractivity contribution >= 4 is 5.91 Å². The molecule has 3 rings (SSSR count). The van der Waals surface area contributed by atoms with Crippen LogP contribution in [0.25, 0.3) is 11.1 Å². The van der Waals surface area contributed by atoms with Gasteiger partial charge >= 0.3 is 0 Å². The Bertz CT molecular complexity index is 630. The molecule has 1 fully saturated rings. The first kappa shape index (κ1) is 13.7. The van der Waals surface area contributed by atoms with Gasteiger partial charge in [-0.25, -0.2) is 0 Å². The molecule has 1 aliphatic heterocycles. The van der Waals surface area contributed by atoms with E-state index in [1.807, 2.05) is 30.3 Å². The molecule has 1 aromatic carbocycles. The zero-order valence-corrected chi connectivity index (χ0v) is 12.1. The summed E-state index contributed by atoms with van der Waals surface area (Å²) in [5, 5.41) is 4.15. The summed E-state index contributed by atoms with van der Waals surface area (Å²) in [5.74, 6) is 0.711. The maximum atomic E-state index is 12.0. The van der Waals surface area contributed by atoms with E-state index >= 15 is 0 Å². The van der Waals surface area contributed by atoms with Gasteiger partial charge in [-0.3, -0.25) is 9.48 Å². The van der Waals surface area contributed by atoms with Gasteiger partial charge in [0, 0.05) is 31.9 Å². The van der Waals surface area contributed by atoms with E-state index in [-0.39, 0.29) is 12.5 Å². The van der Waals surface area contributed by atoms with Crippen molar-refractivity contribution < 1.29 is 9.53 Å². The van der Waals surface area contributed by atoms with Crippen molar-refractivity contribution in [3.63, 3.8) is 0 Å². The minimum absolute atomic E-state index is 0.0549. The Labute approximate surface area is 124 Å². The van der Waals surface area contributed by atoms with Crippen molar-refractivity contribution in [3.8, 4) is 16.9 Å². The lowest BCUT2D eigenvalue weighted by Gasteiger charge is -2.15. The monoisotopic (exact) mass is 284 g/mol. The minimum Gasteiger partial charge on any atom is -0.484 e. The zero-order chi connectivity index (χ0) is 14.7. The Morgan fingerprint density at radius 3 is 2.86 bits per heavy atom. The topological polar surface area (TPSA) is 47.4 Å². The van der Waals surface area contributed by atoms with Crippen molar-refractivity contribution in [2.24, 2.45) is 7.05 Å². The van der Waals surface area contributed by atoms with Crippen molar-refractivity contribution in [3.05, 3.63) is 36.7 Å². The summed E-state index contributed by atoms with van der Waals surface area (Å²) in [6.45, 7) is 1.79. The van der Waals surface area contributed by atoms with E-state index in [0.29, 0.717) is 5.75 Å². The van der Waals surface area contributed by atoms with Crippen LogP contribution in [0.5, 0.6) is 5.75 Å². The van der Waals surface area contributed by atoms with Crippen LogP contribution in [0.1, 0.15) is 12.8 Å². The first-order chi connectivity index (χ1) is 10.2. The molecule has 0 unspecified atom stereocenters. The molecule has 0 N–H and O–H groups in total. The minimum atomic E-state index is 0.0549. The van der Waals surface area contributed by atoms with Gasteiger partial charge < -0.3 is 9.64 Å². The van der Waals surface area contributed by atoms with Gasteiger partial charge in [0.05, 0.1) is 6.20 Å². The molecule has 5 nitrogen and oxygen atoms in total. The van der Waals surface area contributed by atoms with Crippen LogP contribution in [0.2, 0.25) is 0 Å². The fraction of sp³-hybridized carbons (Fsp3) is 0.375. The maximum absolute atomic E-state index is 12.0. The molecule has 1 amide bonds. The maximum Gasteiger partial charge on any atom is 0.260 e. The van der Waals surface area contributed by atoms with Crippen molar-refractivity contribution in [1.82, 2.24) is 14.7 Å². The standard InChI is InChI=1S/C16H18N3O2/c1-18-11-14(10-17-18)13-5-4-6-15(9-13)21-12-16(20)19-7-2-3-8-19/h5-6,9-11H,2-3,7-8,12H2,1H3. The summed E-state index contributed by atoms with van der Waals surface area (Å²) in [6.07, 6.45) is 5.91. The third-order valence-corrected chi connectivity index (χ3v) is 3.62. The number of rotatable bonds is 4. The molecule has 1 aliphatic rings. The number of amides is 1. The molecule has 1 radical (unpaired) electrons. The van der Waals surface area contributed by atoms with Crippen molar-refractivity contribution in [1.29, 1.82) is 0 Å². The number of benzene rings is 1. The van der Waals surface area contributed by atoms with Crippen molar-refractivity contribution in [2.75, 3.05) is 19.7 Å². The molecule has 5 heteroatoms. The smallest absolute Gasteiger partial charge is 0.260 e. The van der Waals surface area contributed by atoms with Gasteiger partial charge in [0.2, 0.25) is 0 Å². The largest absolute Gasteiger partial charge is 0.484 e. The highest BCUT2D eigenvalue weighted by Gasteiger charge is 2.18. The van der Waals surface area contributed by atoms with E-state index in [0.717, 1.165) is 37.1 Å². The van der Waals surface area contributed by atoms with E-state index in [4.69, 9.17) is 4.74 Å². The molecule has 0 spiro atoms. The van der Waals surface area contributed by atoms with Crippen molar-refractivity contribution in [2.45, 2.75) is 12.8 Å². The van der Waals surface area contributed by atoms with E-state index in [2.05, 4.69) is 11.2 Å². The Morgan fingerprint density at radius 2 is 2.14 bits per heavy atom. The molecule has 0 saturated carbocycles. The molecule has 2 heterocycles. The van der Waals surface area contributed by atoms with E-state index in [1.165, 1.54) is 0 Å². The van der Waals surface area contributed by atoms with Gasteiger partial charge in [-0.05, 0) is 42.7 Å². The Kier molecular flexibility index (Phi) is 3.90. The Morgan fingerprint density at radius 1 is 1.33 bits per heavy atom. The number of ether oxygens (including phenoxy) is 1. The summed E-state index contributed by atoms with van der Waals surface area (Å²) in [6, 6.07) is 8.58. The molecule has 0 bridgehead atoms. The molecule has 0 atom stereocenters. The van der Waals surface area contributed by atoms with Crippen LogP contribution in [0.4, 0.5) is 0 Å². The molecule has 0 aliphatic carbocycles. The third-order valence-electron chi connectivity index (χ3n) is 3.62. The highest BCUT2D eigenvalue weighted by molar-refractivity contribution is 5.78. The van der Waals surface area contributed by atoms with Gasteiger partial charge in [-0.2, -0.15) is 5.10 Å². The highest BCUT2D eigenvalue weighted by Crippen LogP contribution is 2.23. The summed E-state index contributed by atoms with van der Waals surface area (Å²) in [7, 11) is 1.88. The lowest BCUT2D eigenvalue weighted by molar-refractivity contribution is -0.132. The summed E-state index contributed by atoms with van der Waals surface area (Å²) >= 11 is 0. The number of nitrogens with zero attached hydrogens (tertiary/aromatic N) is 3. The number of aryl methyl sites for hydroxylation is 1. The molecule has 21 heavy (non-hydrogen) atoms. The number of aromatic nitrogens is 2. The van der Waals surface area contributed by atoms with Crippen LogP contribution < -0.4 is 4.74 Å². The normalized spacial score (nSPS) is 14.4. The number of carbonyl (C=O) groups is 1. The highest BCUT2D eigenvalue weighted by atomic mass is 16.5. The van der Waals surface area contributed by atoms with Gasteiger partial charge in [-0.1, -0.05) is 0 Å². The second-order valence-corrected chi connectivity index (χ2v) is 5.24. The van der Waals surface area contributed by atoms with Crippen LogP contribution >= 0.6 is 0 Å². The average molecular weight is 284 g/mol. The van der Waals surface area contributed by atoms with Gasteiger partial charge in [-0.15, -0.1) is 0 Å². The zero-order valence-electron chi connectivity index (χ0n) is 12.1. The Hall–Kier alpha value is -2.30. The summed E-state index contributed by atoms with van der Waals surface area (Å²) in [4.78, 5) is 13.8. The van der Waals surface area contributed by atoms with Crippen LogP contribution in [0.3, 0.4) is 0 Å². The number of hydrogen-bond donors (Lipinski definition) is 0. The van der Waals surface area contributed by atoms with Crippen LogP contribution in [-0.4, -0.2) is 40.3 Å². The van der Waals surface area contributed by atoms with Gasteiger partial charge in [0.15, 0.2) is 6.61 Å². The molecule has 109 valence electrons. The first-order valence-electron chi connectivity index (χ1n) is 7.13. The Balaban J connectivity index is 1.64. The first-order valence-corrected chi connectivity index (χ1v) is 7.13. The molecule has 2 aromatic rings. The fourth-order valence-corrected chi connectivity index (χ4v) is 2.47. The summed E-state index contributed by atoms with van der Waals surface area (Å²) < 4.78 is 7.35. The molecular formula is C16H18N3O2. The molecule has 1 saturated heterocycles. The molecular weight excluding hydrogens is 266 g/mol. The van der Waals surface area contributed by atoms with Crippen LogP contribution in [0, 0.1) is 6.07 Å². The number of hydrogen-bond acceptors (Lipinski definition) is 3. The summed E-state index contributed by atoms with van der Waals surface area (Å²) in [5.41, 5.74) is 1.99. The second-order valence-electron chi connectivity index (χ2n) is 5.24. The lowest BCUT2D eigenvalue weighted by Crippen LogP contribution is -2.32. The quantitative estimate of drug-likeness (QED) is 0.861. The van der Waals surface area contributed by atoms with E-state index in [9.17, 15) is 4.79 Å². The number of carbonyl (C=O) groups excluding carboxylic acids is 1. The van der Waals surface area contributed by atoms with E-state index < -0.39 is 0 Å². The average Bonchev–Trinajstić information content (AvgIpc) is 3.16. The van der Waals surface area contributed by atoms with Gasteiger partial charge in [0.1, 0.15) is 5.75 Å². The van der Waals surface area contributed by atoms with Crippen LogP contribution in [0.15, 0.2) is 30.6 Å². The third kappa shape index (κ3) is 3.24. The molecule has 1 aromatic heterocycles. The fourth-order valence-electron chi connectivity index (χ4n) is 2.47. The second kappa shape index (κ2) is 5.99. The SMILES string of the molecule is Cn1cc(-c2c[c]cc(OCC(=O)N3CCCC3)c2)cn1. The lowest BCUT2D eigenvalue weighted by atomic mass is 10.1.